The number of aryl methyl sites for hydroxylation is 1. The first kappa shape index (κ1) is 14.9. The van der Waals surface area contributed by atoms with Crippen molar-refractivity contribution in [2.24, 2.45) is 0 Å². The summed E-state index contributed by atoms with van der Waals surface area (Å²) in [6, 6.07) is 13.6. The molecule has 3 rings (SSSR count). The zero-order valence-corrected chi connectivity index (χ0v) is 13.2. The molecule has 2 aromatic carbocycles. The molecule has 1 heterocycles. The summed E-state index contributed by atoms with van der Waals surface area (Å²) in [5.41, 5.74) is 1.77. The van der Waals surface area contributed by atoms with Gasteiger partial charge in [-0.05, 0) is 30.5 Å². The van der Waals surface area contributed by atoms with Gasteiger partial charge in [0.25, 0.3) is 0 Å². The third kappa shape index (κ3) is 2.96. The first-order chi connectivity index (χ1) is 10.7. The highest BCUT2D eigenvalue weighted by Gasteiger charge is 2.08. The average molecular weight is 314 g/mol. The second-order valence-corrected chi connectivity index (χ2v) is 6.10. The number of phenols is 1. The molecule has 0 aliphatic carbocycles. The van der Waals surface area contributed by atoms with Gasteiger partial charge < -0.3 is 10.2 Å². The molecule has 5 heteroatoms. The number of benzene rings is 2. The number of rotatable bonds is 5. The number of hydrogen-bond donors (Lipinski definition) is 2. The smallest absolute Gasteiger partial charge is 0.124 e. The summed E-state index contributed by atoms with van der Waals surface area (Å²) in [6.45, 7) is 2.77. The summed E-state index contributed by atoms with van der Waals surface area (Å²) in [6.07, 6.45) is 0. The molecule has 0 saturated heterocycles. The van der Waals surface area contributed by atoms with E-state index in [1.807, 2.05) is 41.9 Å². The molecule has 0 aliphatic heterocycles. The van der Waals surface area contributed by atoms with E-state index >= 15 is 0 Å². The lowest BCUT2D eigenvalue weighted by atomic mass is 10.1. The van der Waals surface area contributed by atoms with E-state index in [1.54, 1.807) is 17.8 Å². The second-order valence-electron chi connectivity index (χ2n) is 5.05. The van der Waals surface area contributed by atoms with Gasteiger partial charge >= 0.3 is 0 Å². The Morgan fingerprint density at radius 3 is 2.77 bits per heavy atom. The Hall–Kier alpha value is -1.98. The van der Waals surface area contributed by atoms with Crippen LogP contribution in [0.3, 0.4) is 0 Å². The number of thioether (sulfide) groups is 1. The predicted molar refractivity (Wildman–Crippen MR) is 89.0 cm³/mol. The molecule has 3 aromatic rings. The number of phenolic OH excluding ortho intramolecular Hbond substituents is 1. The van der Waals surface area contributed by atoms with Crippen molar-refractivity contribution in [2.45, 2.75) is 30.7 Å². The normalized spacial score (nSPS) is 11.2. The Balaban J connectivity index is 1.83. The molecule has 0 bridgehead atoms. The summed E-state index contributed by atoms with van der Waals surface area (Å²) in [4.78, 5) is 1.02. The second kappa shape index (κ2) is 6.42. The molecule has 4 nitrogen and oxygen atoms in total. The van der Waals surface area contributed by atoms with Crippen LogP contribution in [-0.4, -0.2) is 20.0 Å². The topological polar surface area (TPSA) is 58.3 Å². The van der Waals surface area contributed by atoms with Gasteiger partial charge in [0.1, 0.15) is 5.75 Å². The van der Waals surface area contributed by atoms with E-state index < -0.39 is 0 Å². The number of aromatic hydroxyl groups is 1. The van der Waals surface area contributed by atoms with Crippen molar-refractivity contribution in [1.82, 2.24) is 9.78 Å². The summed E-state index contributed by atoms with van der Waals surface area (Å²) in [7, 11) is 0. The standard InChI is InChI=1S/C17H18N2O2S/c1-2-19-14(8-13(10-20)18-19)11-22-15-7-12-5-3-4-6-16(12)17(21)9-15/h3-9,20-21H,2,10-11H2,1H3. The van der Waals surface area contributed by atoms with Gasteiger partial charge in [0.2, 0.25) is 0 Å². The van der Waals surface area contributed by atoms with Crippen LogP contribution in [0.2, 0.25) is 0 Å². The van der Waals surface area contributed by atoms with Crippen molar-refractivity contribution in [3.63, 3.8) is 0 Å². The summed E-state index contributed by atoms with van der Waals surface area (Å²) in [5.74, 6) is 1.05. The van der Waals surface area contributed by atoms with E-state index in [2.05, 4.69) is 11.2 Å². The van der Waals surface area contributed by atoms with Gasteiger partial charge in [-0.1, -0.05) is 24.3 Å². The van der Waals surface area contributed by atoms with Crippen LogP contribution in [0.15, 0.2) is 47.4 Å². The van der Waals surface area contributed by atoms with Crippen LogP contribution in [0.25, 0.3) is 10.8 Å². The van der Waals surface area contributed by atoms with Gasteiger partial charge in [-0.3, -0.25) is 4.68 Å². The van der Waals surface area contributed by atoms with Crippen molar-refractivity contribution in [1.29, 1.82) is 0 Å². The number of aromatic nitrogens is 2. The van der Waals surface area contributed by atoms with E-state index in [1.165, 1.54) is 0 Å². The maximum atomic E-state index is 10.1. The Kier molecular flexibility index (Phi) is 4.36. The Bertz CT molecular complexity index is 798. The minimum Gasteiger partial charge on any atom is -0.507 e. The van der Waals surface area contributed by atoms with Gasteiger partial charge in [-0.2, -0.15) is 5.10 Å². The van der Waals surface area contributed by atoms with Crippen LogP contribution >= 0.6 is 11.8 Å². The lowest BCUT2D eigenvalue weighted by molar-refractivity contribution is 0.275. The molecule has 0 amide bonds. The highest BCUT2D eigenvalue weighted by Crippen LogP contribution is 2.32. The molecule has 0 spiro atoms. The van der Waals surface area contributed by atoms with Crippen molar-refractivity contribution in [2.75, 3.05) is 0 Å². The van der Waals surface area contributed by atoms with E-state index in [0.717, 1.165) is 33.7 Å². The van der Waals surface area contributed by atoms with Crippen molar-refractivity contribution < 1.29 is 10.2 Å². The van der Waals surface area contributed by atoms with E-state index in [0.29, 0.717) is 11.4 Å². The van der Waals surface area contributed by atoms with Gasteiger partial charge in [0, 0.05) is 28.3 Å². The Morgan fingerprint density at radius 2 is 2.00 bits per heavy atom. The third-order valence-electron chi connectivity index (χ3n) is 3.58. The zero-order valence-electron chi connectivity index (χ0n) is 12.4. The van der Waals surface area contributed by atoms with Crippen LogP contribution in [0, 0.1) is 0 Å². The van der Waals surface area contributed by atoms with Crippen molar-refractivity contribution >= 4 is 22.5 Å². The highest BCUT2D eigenvalue weighted by atomic mass is 32.2. The van der Waals surface area contributed by atoms with Crippen molar-refractivity contribution in [3.8, 4) is 5.75 Å². The summed E-state index contributed by atoms with van der Waals surface area (Å²) >= 11 is 1.65. The minimum atomic E-state index is -0.0402. The monoisotopic (exact) mass is 314 g/mol. The number of aliphatic hydroxyl groups is 1. The first-order valence-electron chi connectivity index (χ1n) is 7.22. The molecule has 0 radical (unpaired) electrons. The quantitative estimate of drug-likeness (QED) is 0.707. The third-order valence-corrected chi connectivity index (χ3v) is 4.58. The SMILES string of the molecule is CCn1nc(CO)cc1CSc1cc(O)c2ccccc2c1. The Labute approximate surface area is 133 Å². The number of nitrogens with zero attached hydrogens (tertiary/aromatic N) is 2. The zero-order chi connectivity index (χ0) is 15.5. The molecule has 22 heavy (non-hydrogen) atoms. The van der Waals surface area contributed by atoms with Crippen LogP contribution in [0.5, 0.6) is 5.75 Å². The first-order valence-corrected chi connectivity index (χ1v) is 8.21. The van der Waals surface area contributed by atoms with Crippen LogP contribution in [0.4, 0.5) is 0 Å². The predicted octanol–water partition coefficient (Wildman–Crippen LogP) is 3.55. The Morgan fingerprint density at radius 1 is 1.18 bits per heavy atom. The van der Waals surface area contributed by atoms with Gasteiger partial charge in [-0.15, -0.1) is 11.8 Å². The van der Waals surface area contributed by atoms with Gasteiger partial charge in [-0.25, -0.2) is 0 Å². The molecule has 0 aliphatic rings. The molecule has 1 aromatic heterocycles. The largest absolute Gasteiger partial charge is 0.507 e. The number of fused-ring (bicyclic) bond motifs is 1. The fourth-order valence-electron chi connectivity index (χ4n) is 2.49. The van der Waals surface area contributed by atoms with E-state index in [4.69, 9.17) is 0 Å². The maximum Gasteiger partial charge on any atom is 0.124 e. The molecule has 114 valence electrons. The molecule has 0 saturated carbocycles. The van der Waals surface area contributed by atoms with Crippen LogP contribution < -0.4 is 0 Å². The highest BCUT2D eigenvalue weighted by molar-refractivity contribution is 7.98. The minimum absolute atomic E-state index is 0.0402. The molecule has 0 fully saturated rings. The molecule has 0 atom stereocenters. The lowest BCUT2D eigenvalue weighted by Crippen LogP contribution is -2.01. The van der Waals surface area contributed by atoms with E-state index in [9.17, 15) is 10.2 Å². The van der Waals surface area contributed by atoms with Crippen LogP contribution in [0.1, 0.15) is 18.3 Å². The average Bonchev–Trinajstić information content (AvgIpc) is 2.95. The molecular formula is C17H18N2O2S. The van der Waals surface area contributed by atoms with Crippen LogP contribution in [-0.2, 0) is 18.9 Å². The fourth-order valence-corrected chi connectivity index (χ4v) is 3.44. The van der Waals surface area contributed by atoms with Crippen molar-refractivity contribution in [3.05, 3.63) is 53.9 Å². The fraction of sp³-hybridized carbons (Fsp3) is 0.235. The van der Waals surface area contributed by atoms with E-state index in [-0.39, 0.29) is 6.61 Å². The lowest BCUT2D eigenvalue weighted by Gasteiger charge is -2.07. The summed E-state index contributed by atoms with van der Waals surface area (Å²) < 4.78 is 1.90. The molecular weight excluding hydrogens is 296 g/mol. The maximum absolute atomic E-state index is 10.1. The van der Waals surface area contributed by atoms with Gasteiger partial charge in [0.15, 0.2) is 0 Å². The molecule has 2 N–H and O–H groups in total. The molecule has 0 unspecified atom stereocenters. The number of hydrogen-bond acceptors (Lipinski definition) is 4. The summed E-state index contributed by atoms with van der Waals surface area (Å²) in [5, 5.41) is 25.6. The number of aliphatic hydroxyl groups excluding tert-OH is 1. The van der Waals surface area contributed by atoms with Gasteiger partial charge in [0.05, 0.1) is 12.3 Å².